The van der Waals surface area contributed by atoms with Gasteiger partial charge in [-0.15, -0.1) is 0 Å². The van der Waals surface area contributed by atoms with E-state index in [0.29, 0.717) is 41.8 Å². The van der Waals surface area contributed by atoms with Crippen LogP contribution in [0, 0.1) is 18.3 Å². The van der Waals surface area contributed by atoms with Crippen molar-refractivity contribution in [3.63, 3.8) is 0 Å². The van der Waals surface area contributed by atoms with Gasteiger partial charge in [0.15, 0.2) is 5.79 Å². The van der Waals surface area contributed by atoms with Crippen LogP contribution in [0.4, 0.5) is 0 Å². The number of benzene rings is 1. The molecule has 35 heavy (non-hydrogen) atoms. The van der Waals surface area contributed by atoms with Gasteiger partial charge < -0.3 is 18.3 Å². The van der Waals surface area contributed by atoms with Gasteiger partial charge in [-0.2, -0.15) is 5.26 Å². The van der Waals surface area contributed by atoms with Crippen molar-refractivity contribution in [2.24, 2.45) is 0 Å². The molecule has 190 valence electrons. The summed E-state index contributed by atoms with van der Waals surface area (Å²) < 4.78 is 24.0. The molecule has 1 aromatic carbocycles. The van der Waals surface area contributed by atoms with Crippen molar-refractivity contribution < 1.29 is 18.3 Å². The number of hydrogen-bond donors (Lipinski definition) is 0. The van der Waals surface area contributed by atoms with Crippen LogP contribution in [0.5, 0.6) is 5.75 Å². The first kappa shape index (κ1) is 27.3. The zero-order valence-corrected chi connectivity index (χ0v) is 23.4. The van der Waals surface area contributed by atoms with Gasteiger partial charge in [0.1, 0.15) is 5.75 Å². The van der Waals surface area contributed by atoms with Gasteiger partial charge in [0.25, 0.3) is 8.32 Å². The highest BCUT2D eigenvalue weighted by Crippen LogP contribution is 2.43. The van der Waals surface area contributed by atoms with Gasteiger partial charge >= 0.3 is 0 Å². The fraction of sp³-hybridized carbons (Fsp3) is 0.552. The minimum absolute atomic E-state index is 0.509. The second-order valence-electron chi connectivity index (χ2n) is 10.5. The van der Waals surface area contributed by atoms with Crippen LogP contribution < -0.4 is 4.43 Å². The maximum absolute atomic E-state index is 9.89. The molecular formula is C29H41NO4Si. The molecule has 3 rings (SSSR count). The first-order chi connectivity index (χ1) is 16.7. The second kappa shape index (κ2) is 11.6. The number of aryl methyl sites for hydroxylation is 1. The summed E-state index contributed by atoms with van der Waals surface area (Å²) in [5, 5.41) is 9.89. The first-order valence-electron chi connectivity index (χ1n) is 12.9. The second-order valence-corrected chi connectivity index (χ2v) is 15.9. The summed E-state index contributed by atoms with van der Waals surface area (Å²) in [6, 6.07) is 10.5. The Hall–Kier alpha value is -2.33. The Morgan fingerprint density at radius 2 is 1.74 bits per heavy atom. The smallest absolute Gasteiger partial charge is 0.258 e. The Kier molecular flexibility index (Phi) is 9.03. The molecule has 1 aromatic heterocycles. The molecule has 1 aliphatic heterocycles. The molecule has 1 aliphatic rings. The molecule has 1 saturated heterocycles. The van der Waals surface area contributed by atoms with Crippen LogP contribution in [0.1, 0.15) is 77.5 Å². The Labute approximate surface area is 212 Å². The summed E-state index contributed by atoms with van der Waals surface area (Å²) >= 11 is 0. The number of furan rings is 1. The number of hydrogen-bond acceptors (Lipinski definition) is 5. The van der Waals surface area contributed by atoms with Crippen LogP contribution >= 0.6 is 0 Å². The van der Waals surface area contributed by atoms with E-state index in [0.717, 1.165) is 35.3 Å². The largest absolute Gasteiger partial charge is 0.543 e. The van der Waals surface area contributed by atoms with Crippen LogP contribution in [-0.4, -0.2) is 21.5 Å². The predicted octanol–water partition coefficient (Wildman–Crippen LogP) is 8.12. The van der Waals surface area contributed by atoms with E-state index in [1.165, 1.54) is 0 Å². The number of ether oxygens (including phenoxy) is 2. The summed E-state index contributed by atoms with van der Waals surface area (Å²) in [4.78, 5) is 0. The summed E-state index contributed by atoms with van der Waals surface area (Å²) in [5.41, 5.74) is 5.16. The maximum atomic E-state index is 9.89. The summed E-state index contributed by atoms with van der Waals surface area (Å²) in [6.45, 7) is 17.0. The molecule has 0 bridgehead atoms. The van der Waals surface area contributed by atoms with E-state index in [4.69, 9.17) is 18.3 Å². The van der Waals surface area contributed by atoms with Crippen LogP contribution in [0.3, 0.4) is 0 Å². The van der Waals surface area contributed by atoms with Gasteiger partial charge in [-0.05, 0) is 71.8 Å². The van der Waals surface area contributed by atoms with Crippen molar-refractivity contribution in [1.82, 2.24) is 0 Å². The standard InChI is InChI=1S/C29H41NO4Si/c1-21(2)35(22(3)4,23(5)6)34-27-11-12-28(24(7)18-27)25(19-30)10-8-9-14-29(32-16-17-33-29)26-13-15-31-20-26/h10-13,15,18,20-23H,8-9,14,16-17H2,1-7H3/b25-10+. The number of nitrogens with zero attached hydrogens (tertiary/aromatic N) is 1. The van der Waals surface area contributed by atoms with Crippen molar-refractivity contribution in [2.75, 3.05) is 13.2 Å². The van der Waals surface area contributed by atoms with Gasteiger partial charge in [0, 0.05) is 12.0 Å². The Bertz CT molecular complexity index is 1010. The van der Waals surface area contributed by atoms with Gasteiger partial charge in [-0.1, -0.05) is 47.6 Å². The third kappa shape index (κ3) is 5.74. The number of allylic oxidation sites excluding steroid dienone is 2. The molecule has 1 fully saturated rings. The van der Waals surface area contributed by atoms with Crippen LogP contribution in [0.25, 0.3) is 5.57 Å². The van der Waals surface area contributed by atoms with Crippen molar-refractivity contribution in [2.45, 2.75) is 90.1 Å². The third-order valence-corrected chi connectivity index (χ3v) is 13.4. The highest BCUT2D eigenvalue weighted by Gasteiger charge is 2.47. The highest BCUT2D eigenvalue weighted by molar-refractivity contribution is 6.78. The zero-order chi connectivity index (χ0) is 25.6. The van der Waals surface area contributed by atoms with Crippen molar-refractivity contribution in [1.29, 1.82) is 5.26 Å². The monoisotopic (exact) mass is 495 g/mol. The van der Waals surface area contributed by atoms with Gasteiger partial charge in [0.2, 0.25) is 0 Å². The van der Waals surface area contributed by atoms with E-state index in [-0.39, 0.29) is 0 Å². The average molecular weight is 496 g/mol. The number of nitriles is 1. The fourth-order valence-corrected chi connectivity index (χ4v) is 11.0. The molecule has 0 unspecified atom stereocenters. The molecule has 2 aromatic rings. The molecule has 0 N–H and O–H groups in total. The minimum atomic E-state index is -2.02. The molecule has 2 heterocycles. The van der Waals surface area contributed by atoms with E-state index in [1.54, 1.807) is 12.5 Å². The normalized spacial score (nSPS) is 16.3. The van der Waals surface area contributed by atoms with Crippen LogP contribution in [-0.2, 0) is 15.3 Å². The lowest BCUT2D eigenvalue weighted by Crippen LogP contribution is -2.50. The van der Waals surface area contributed by atoms with Gasteiger partial charge in [-0.3, -0.25) is 0 Å². The molecule has 0 amide bonds. The SMILES string of the molecule is Cc1cc(O[Si](C(C)C)(C(C)C)C(C)C)ccc1/C(C#N)=C/CCCC1(c2ccoc2)OCCO1. The molecule has 6 heteroatoms. The summed E-state index contributed by atoms with van der Waals surface area (Å²) in [7, 11) is -2.02. The Morgan fingerprint density at radius 3 is 2.26 bits per heavy atom. The van der Waals surface area contributed by atoms with Gasteiger partial charge in [-0.25, -0.2) is 0 Å². The van der Waals surface area contributed by atoms with Crippen molar-refractivity contribution in [3.8, 4) is 11.8 Å². The molecule has 5 nitrogen and oxygen atoms in total. The molecule has 0 spiro atoms. The average Bonchev–Trinajstić information content (AvgIpc) is 3.50. The quantitative estimate of drug-likeness (QED) is 0.179. The van der Waals surface area contributed by atoms with Crippen molar-refractivity contribution >= 4 is 13.9 Å². The zero-order valence-electron chi connectivity index (χ0n) is 22.4. The minimum Gasteiger partial charge on any atom is -0.543 e. The van der Waals surface area contributed by atoms with Crippen molar-refractivity contribution in [3.05, 3.63) is 59.6 Å². The van der Waals surface area contributed by atoms with E-state index in [1.807, 2.05) is 24.3 Å². The lowest BCUT2D eigenvalue weighted by molar-refractivity contribution is -0.171. The summed E-state index contributed by atoms with van der Waals surface area (Å²) in [6.07, 6.45) is 7.65. The highest BCUT2D eigenvalue weighted by atomic mass is 28.4. The third-order valence-electron chi connectivity index (χ3n) is 7.38. The van der Waals surface area contributed by atoms with E-state index >= 15 is 0 Å². The lowest BCUT2D eigenvalue weighted by atomic mass is 9.98. The lowest BCUT2D eigenvalue weighted by Gasteiger charge is -2.42. The topological polar surface area (TPSA) is 64.6 Å². The summed E-state index contributed by atoms with van der Waals surface area (Å²) in [5.74, 6) is 0.186. The van der Waals surface area contributed by atoms with Crippen LogP contribution in [0.2, 0.25) is 16.6 Å². The maximum Gasteiger partial charge on any atom is 0.258 e. The number of unbranched alkanes of at least 4 members (excludes halogenated alkanes) is 1. The van der Waals surface area contributed by atoms with E-state index in [2.05, 4.69) is 60.6 Å². The number of rotatable bonds is 11. The molecule has 0 radical (unpaired) electrons. The Balaban J connectivity index is 1.72. The molecule has 0 saturated carbocycles. The van der Waals surface area contributed by atoms with E-state index in [9.17, 15) is 5.26 Å². The fourth-order valence-electron chi connectivity index (χ4n) is 5.75. The Morgan fingerprint density at radius 1 is 1.09 bits per heavy atom. The first-order valence-corrected chi connectivity index (χ1v) is 15.0. The molecule has 0 atom stereocenters. The van der Waals surface area contributed by atoms with Crippen LogP contribution in [0.15, 0.2) is 47.3 Å². The molecular weight excluding hydrogens is 454 g/mol. The molecule has 0 aliphatic carbocycles. The van der Waals surface area contributed by atoms with E-state index < -0.39 is 14.1 Å². The predicted molar refractivity (Wildman–Crippen MR) is 143 cm³/mol. The van der Waals surface area contributed by atoms with Gasteiger partial charge in [0.05, 0.1) is 37.4 Å².